The summed E-state index contributed by atoms with van der Waals surface area (Å²) in [6.45, 7) is 3.47. The predicted octanol–water partition coefficient (Wildman–Crippen LogP) is 1.74. The number of carbonyl (C=O) groups excluding carboxylic acids is 1. The van der Waals surface area contributed by atoms with Crippen molar-refractivity contribution in [1.82, 2.24) is 20.5 Å². The molecule has 0 aliphatic carbocycles. The van der Waals surface area contributed by atoms with E-state index in [-0.39, 0.29) is 12.1 Å². The Morgan fingerprint density at radius 3 is 2.85 bits per heavy atom. The van der Waals surface area contributed by atoms with Gasteiger partial charge in [-0.05, 0) is 31.5 Å². The van der Waals surface area contributed by atoms with E-state index in [9.17, 15) is 9.90 Å². The van der Waals surface area contributed by atoms with Crippen LogP contribution in [-0.4, -0.2) is 26.3 Å². The number of anilines is 1. The second kappa shape index (κ2) is 6.16. The molecule has 106 valence electrons. The first-order chi connectivity index (χ1) is 9.56. The number of aromatic nitrogens is 3. The SMILES string of the molecule is CC(O)c1cccc(NC(=O)NC(C)c2ncn[nH]2)c1. The summed E-state index contributed by atoms with van der Waals surface area (Å²) in [5, 5.41) is 21.4. The molecule has 2 aromatic rings. The van der Waals surface area contributed by atoms with Gasteiger partial charge in [0.15, 0.2) is 0 Å². The van der Waals surface area contributed by atoms with Crippen molar-refractivity contribution in [2.45, 2.75) is 26.0 Å². The highest BCUT2D eigenvalue weighted by molar-refractivity contribution is 5.89. The van der Waals surface area contributed by atoms with Gasteiger partial charge in [0.2, 0.25) is 0 Å². The van der Waals surface area contributed by atoms with Crippen molar-refractivity contribution in [1.29, 1.82) is 0 Å². The molecule has 4 N–H and O–H groups in total. The van der Waals surface area contributed by atoms with Crippen molar-refractivity contribution in [3.05, 3.63) is 42.0 Å². The Morgan fingerprint density at radius 2 is 2.20 bits per heavy atom. The fourth-order valence-corrected chi connectivity index (χ4v) is 1.73. The second-order valence-corrected chi connectivity index (χ2v) is 4.49. The number of nitrogens with one attached hydrogen (secondary N) is 3. The third-order valence-electron chi connectivity index (χ3n) is 2.82. The Kier molecular flexibility index (Phi) is 4.31. The zero-order valence-electron chi connectivity index (χ0n) is 11.3. The van der Waals surface area contributed by atoms with Crippen LogP contribution < -0.4 is 10.6 Å². The van der Waals surface area contributed by atoms with Crippen molar-refractivity contribution in [2.75, 3.05) is 5.32 Å². The second-order valence-electron chi connectivity index (χ2n) is 4.49. The first kappa shape index (κ1) is 14.0. The topological polar surface area (TPSA) is 103 Å². The van der Waals surface area contributed by atoms with E-state index < -0.39 is 6.10 Å². The highest BCUT2D eigenvalue weighted by Crippen LogP contribution is 2.17. The Bertz CT molecular complexity index is 568. The minimum Gasteiger partial charge on any atom is -0.389 e. The number of carbonyl (C=O) groups is 1. The first-order valence-electron chi connectivity index (χ1n) is 6.27. The van der Waals surface area contributed by atoms with Crippen LogP contribution >= 0.6 is 0 Å². The molecule has 1 aromatic heterocycles. The fraction of sp³-hybridized carbons (Fsp3) is 0.308. The van der Waals surface area contributed by atoms with Crippen molar-refractivity contribution in [3.63, 3.8) is 0 Å². The maximum atomic E-state index is 11.9. The van der Waals surface area contributed by atoms with Gasteiger partial charge in [-0.3, -0.25) is 5.10 Å². The van der Waals surface area contributed by atoms with Crippen LogP contribution in [0.4, 0.5) is 10.5 Å². The van der Waals surface area contributed by atoms with Crippen LogP contribution in [0.2, 0.25) is 0 Å². The molecule has 20 heavy (non-hydrogen) atoms. The zero-order chi connectivity index (χ0) is 14.5. The standard InChI is InChI=1S/C13H17N5O2/c1-8(12-14-7-15-18-12)16-13(20)17-11-5-3-4-10(6-11)9(2)19/h3-9,19H,1-2H3,(H,14,15,18)(H2,16,17,20). The van der Waals surface area contributed by atoms with E-state index in [4.69, 9.17) is 0 Å². The van der Waals surface area contributed by atoms with E-state index in [1.54, 1.807) is 38.1 Å². The maximum absolute atomic E-state index is 11.9. The van der Waals surface area contributed by atoms with E-state index in [1.807, 2.05) is 0 Å². The summed E-state index contributed by atoms with van der Waals surface area (Å²) < 4.78 is 0. The molecule has 0 aliphatic heterocycles. The van der Waals surface area contributed by atoms with E-state index in [1.165, 1.54) is 6.33 Å². The van der Waals surface area contributed by atoms with E-state index in [0.717, 1.165) is 5.56 Å². The summed E-state index contributed by atoms with van der Waals surface area (Å²) in [6.07, 6.45) is 0.810. The molecule has 2 amide bonds. The number of rotatable bonds is 4. The summed E-state index contributed by atoms with van der Waals surface area (Å²) in [5.74, 6) is 0.581. The molecule has 7 nitrogen and oxygen atoms in total. The van der Waals surface area contributed by atoms with Gasteiger partial charge in [-0.1, -0.05) is 12.1 Å². The number of nitrogens with zero attached hydrogens (tertiary/aromatic N) is 2. The molecule has 1 aromatic carbocycles. The maximum Gasteiger partial charge on any atom is 0.319 e. The number of urea groups is 1. The van der Waals surface area contributed by atoms with Crippen LogP contribution in [-0.2, 0) is 0 Å². The van der Waals surface area contributed by atoms with Crippen molar-refractivity contribution >= 4 is 11.7 Å². The monoisotopic (exact) mass is 275 g/mol. The molecule has 0 saturated heterocycles. The number of hydrogen-bond donors (Lipinski definition) is 4. The van der Waals surface area contributed by atoms with Crippen LogP contribution in [0.25, 0.3) is 0 Å². The summed E-state index contributed by atoms with van der Waals surface area (Å²) in [7, 11) is 0. The first-order valence-corrected chi connectivity index (χ1v) is 6.27. The van der Waals surface area contributed by atoms with Gasteiger partial charge in [0.25, 0.3) is 0 Å². The van der Waals surface area contributed by atoms with Crippen LogP contribution in [0.15, 0.2) is 30.6 Å². The van der Waals surface area contributed by atoms with Gasteiger partial charge in [-0.15, -0.1) is 0 Å². The van der Waals surface area contributed by atoms with Gasteiger partial charge in [-0.25, -0.2) is 9.78 Å². The number of aliphatic hydroxyl groups is 1. The van der Waals surface area contributed by atoms with Crippen molar-refractivity contribution < 1.29 is 9.90 Å². The Labute approximate surface area is 116 Å². The summed E-state index contributed by atoms with van der Waals surface area (Å²) in [5.41, 5.74) is 1.36. The highest BCUT2D eigenvalue weighted by atomic mass is 16.3. The summed E-state index contributed by atoms with van der Waals surface area (Å²) in [6, 6.07) is 6.42. The normalized spacial score (nSPS) is 13.6. The van der Waals surface area contributed by atoms with Gasteiger partial charge in [0, 0.05) is 5.69 Å². The molecular weight excluding hydrogens is 258 g/mol. The minimum absolute atomic E-state index is 0.280. The molecule has 0 aliphatic rings. The molecule has 0 bridgehead atoms. The number of benzene rings is 1. The molecule has 2 rings (SSSR count). The smallest absolute Gasteiger partial charge is 0.319 e. The number of amides is 2. The molecular formula is C13H17N5O2. The van der Waals surface area contributed by atoms with Gasteiger partial charge >= 0.3 is 6.03 Å². The number of aliphatic hydroxyl groups excluding tert-OH is 1. The number of aromatic amines is 1. The average molecular weight is 275 g/mol. The summed E-state index contributed by atoms with van der Waals surface area (Å²) >= 11 is 0. The molecule has 0 saturated carbocycles. The Balaban J connectivity index is 1.96. The third-order valence-corrected chi connectivity index (χ3v) is 2.82. The van der Waals surface area contributed by atoms with Gasteiger partial charge in [0.05, 0.1) is 12.1 Å². The average Bonchev–Trinajstić information content (AvgIpc) is 2.92. The number of H-pyrrole nitrogens is 1. The lowest BCUT2D eigenvalue weighted by atomic mass is 10.1. The van der Waals surface area contributed by atoms with E-state index in [2.05, 4.69) is 25.8 Å². The van der Waals surface area contributed by atoms with Gasteiger partial charge < -0.3 is 15.7 Å². The van der Waals surface area contributed by atoms with Crippen LogP contribution in [0.5, 0.6) is 0 Å². The lowest BCUT2D eigenvalue weighted by Crippen LogP contribution is -2.31. The summed E-state index contributed by atoms with van der Waals surface area (Å²) in [4.78, 5) is 15.8. The quantitative estimate of drug-likeness (QED) is 0.682. The van der Waals surface area contributed by atoms with Crippen molar-refractivity contribution in [3.8, 4) is 0 Å². The largest absolute Gasteiger partial charge is 0.389 e. The molecule has 7 heteroatoms. The zero-order valence-corrected chi connectivity index (χ0v) is 11.3. The molecule has 0 spiro atoms. The van der Waals surface area contributed by atoms with Gasteiger partial charge in [0.1, 0.15) is 12.2 Å². The van der Waals surface area contributed by atoms with Gasteiger partial charge in [-0.2, -0.15) is 5.10 Å². The number of hydrogen-bond acceptors (Lipinski definition) is 4. The molecule has 1 heterocycles. The molecule has 2 unspecified atom stereocenters. The fourth-order valence-electron chi connectivity index (χ4n) is 1.73. The predicted molar refractivity (Wildman–Crippen MR) is 74.0 cm³/mol. The lowest BCUT2D eigenvalue weighted by Gasteiger charge is -2.13. The molecule has 0 radical (unpaired) electrons. The Hall–Kier alpha value is -2.41. The third kappa shape index (κ3) is 3.55. The minimum atomic E-state index is -0.576. The Morgan fingerprint density at radius 1 is 1.40 bits per heavy atom. The molecule has 2 atom stereocenters. The van der Waals surface area contributed by atoms with Crippen molar-refractivity contribution in [2.24, 2.45) is 0 Å². The van der Waals surface area contributed by atoms with Crippen LogP contribution in [0, 0.1) is 0 Å². The highest BCUT2D eigenvalue weighted by Gasteiger charge is 2.12. The van der Waals surface area contributed by atoms with E-state index >= 15 is 0 Å². The van der Waals surface area contributed by atoms with Crippen LogP contribution in [0.3, 0.4) is 0 Å². The molecule has 0 fully saturated rings. The van der Waals surface area contributed by atoms with E-state index in [0.29, 0.717) is 11.5 Å². The lowest BCUT2D eigenvalue weighted by molar-refractivity contribution is 0.199. The van der Waals surface area contributed by atoms with Crippen LogP contribution in [0.1, 0.15) is 37.4 Å².